The van der Waals surface area contributed by atoms with E-state index in [-0.39, 0.29) is 23.4 Å². The highest BCUT2D eigenvalue weighted by atomic mass is 16.6. The predicted molar refractivity (Wildman–Crippen MR) is 115 cm³/mol. The number of rotatable bonds is 14. The van der Waals surface area contributed by atoms with Gasteiger partial charge in [-0.3, -0.25) is 9.59 Å². The summed E-state index contributed by atoms with van der Waals surface area (Å²) < 4.78 is 16.8. The summed E-state index contributed by atoms with van der Waals surface area (Å²) in [6.45, 7) is 11.0. The van der Waals surface area contributed by atoms with E-state index in [2.05, 4.69) is 34.6 Å². The molecule has 0 saturated heterocycles. The largest absolute Gasteiger partial charge is 0.493 e. The Bertz CT molecular complexity index is 622. The Hall–Kier alpha value is -2.04. The molecule has 0 N–H and O–H groups in total. The summed E-state index contributed by atoms with van der Waals surface area (Å²) in [6.07, 6.45) is 6.61. The lowest BCUT2D eigenvalue weighted by Crippen LogP contribution is -2.13. The summed E-state index contributed by atoms with van der Waals surface area (Å²) in [7, 11) is 0. The lowest BCUT2D eigenvalue weighted by Gasteiger charge is -2.14. The van der Waals surface area contributed by atoms with Crippen LogP contribution in [0, 0.1) is 11.8 Å². The number of unbranched alkanes of at least 4 members (excludes halogenated alkanes) is 3. The highest BCUT2D eigenvalue weighted by molar-refractivity contribution is 5.76. The maximum absolute atomic E-state index is 12.2. The molecule has 5 nitrogen and oxygen atoms in total. The predicted octanol–water partition coefficient (Wildman–Crippen LogP) is 6.33. The maximum atomic E-state index is 12.2. The van der Waals surface area contributed by atoms with Crippen LogP contribution in [0.4, 0.5) is 0 Å². The van der Waals surface area contributed by atoms with E-state index in [4.69, 9.17) is 14.2 Å². The Morgan fingerprint density at radius 1 is 0.828 bits per heavy atom. The minimum atomic E-state index is -0.335. The third-order valence-corrected chi connectivity index (χ3v) is 4.48. The summed E-state index contributed by atoms with van der Waals surface area (Å²) >= 11 is 0. The minimum absolute atomic E-state index is 0.239. The van der Waals surface area contributed by atoms with Crippen LogP contribution in [0.2, 0.25) is 0 Å². The SMILES string of the molecule is CCCCCCOc1ccc(OC(=O)CCC(C)C)c(OC(=O)CCC(C)C)c1. The third-order valence-electron chi connectivity index (χ3n) is 4.48. The van der Waals surface area contributed by atoms with Crippen LogP contribution in [0.3, 0.4) is 0 Å². The van der Waals surface area contributed by atoms with Crippen molar-refractivity contribution in [3.05, 3.63) is 18.2 Å². The smallest absolute Gasteiger partial charge is 0.311 e. The summed E-state index contributed by atoms with van der Waals surface area (Å²) in [5.74, 6) is 1.27. The molecule has 1 rings (SSSR count). The van der Waals surface area contributed by atoms with Gasteiger partial charge in [0.15, 0.2) is 11.5 Å². The first-order valence-electron chi connectivity index (χ1n) is 11.0. The van der Waals surface area contributed by atoms with Gasteiger partial charge in [-0.2, -0.15) is 0 Å². The molecule has 0 unspecified atom stereocenters. The van der Waals surface area contributed by atoms with Crippen molar-refractivity contribution >= 4 is 11.9 Å². The fraction of sp³-hybridized carbons (Fsp3) is 0.667. The molecule has 164 valence electrons. The van der Waals surface area contributed by atoms with Crippen molar-refractivity contribution in [1.29, 1.82) is 0 Å². The van der Waals surface area contributed by atoms with Gasteiger partial charge in [-0.1, -0.05) is 53.9 Å². The van der Waals surface area contributed by atoms with E-state index in [9.17, 15) is 9.59 Å². The number of benzene rings is 1. The van der Waals surface area contributed by atoms with Gasteiger partial charge in [0.2, 0.25) is 0 Å². The molecule has 0 aliphatic rings. The summed E-state index contributed by atoms with van der Waals surface area (Å²) in [5.41, 5.74) is 0. The second-order valence-corrected chi connectivity index (χ2v) is 8.33. The van der Waals surface area contributed by atoms with Gasteiger partial charge in [0.05, 0.1) is 6.61 Å². The number of hydrogen-bond acceptors (Lipinski definition) is 5. The topological polar surface area (TPSA) is 61.8 Å². The second-order valence-electron chi connectivity index (χ2n) is 8.33. The van der Waals surface area contributed by atoms with Crippen molar-refractivity contribution in [3.63, 3.8) is 0 Å². The molecule has 0 aromatic heterocycles. The Labute approximate surface area is 176 Å². The van der Waals surface area contributed by atoms with Crippen molar-refractivity contribution in [3.8, 4) is 17.2 Å². The Kier molecular flexibility index (Phi) is 12.1. The standard InChI is InChI=1S/C24H38O5/c1-6-7-8-9-16-27-20-12-13-21(28-23(25)14-10-18(2)3)22(17-20)29-24(26)15-11-19(4)5/h12-13,17-19H,6-11,14-16H2,1-5H3. The number of carbonyl (C=O) groups is 2. The molecule has 0 bridgehead atoms. The van der Waals surface area contributed by atoms with Crippen LogP contribution in [0.25, 0.3) is 0 Å². The van der Waals surface area contributed by atoms with Gasteiger partial charge in [0.25, 0.3) is 0 Å². The summed E-state index contributed by atoms with van der Waals surface area (Å²) in [6, 6.07) is 5.02. The van der Waals surface area contributed by atoms with Crippen LogP contribution < -0.4 is 14.2 Å². The van der Waals surface area contributed by atoms with Crippen molar-refractivity contribution in [2.45, 2.75) is 86.0 Å². The molecule has 0 fully saturated rings. The van der Waals surface area contributed by atoms with E-state index >= 15 is 0 Å². The van der Waals surface area contributed by atoms with Crippen molar-refractivity contribution in [2.24, 2.45) is 11.8 Å². The highest BCUT2D eigenvalue weighted by Crippen LogP contribution is 2.33. The van der Waals surface area contributed by atoms with Gasteiger partial charge in [-0.15, -0.1) is 0 Å². The fourth-order valence-electron chi connectivity index (χ4n) is 2.62. The van der Waals surface area contributed by atoms with Crippen LogP contribution in [0.15, 0.2) is 18.2 Å². The highest BCUT2D eigenvalue weighted by Gasteiger charge is 2.16. The number of esters is 2. The molecule has 5 heteroatoms. The molecule has 0 aliphatic carbocycles. The molecular weight excluding hydrogens is 368 g/mol. The molecule has 29 heavy (non-hydrogen) atoms. The van der Waals surface area contributed by atoms with E-state index in [1.807, 2.05) is 0 Å². The number of hydrogen-bond donors (Lipinski definition) is 0. The molecule has 0 saturated carbocycles. The normalized spacial score (nSPS) is 11.0. The quantitative estimate of drug-likeness (QED) is 0.205. The van der Waals surface area contributed by atoms with E-state index in [1.54, 1.807) is 18.2 Å². The average molecular weight is 407 g/mol. The van der Waals surface area contributed by atoms with Gasteiger partial charge >= 0.3 is 11.9 Å². The first-order valence-corrected chi connectivity index (χ1v) is 11.0. The van der Waals surface area contributed by atoms with Gasteiger partial charge in [-0.05, 0) is 43.2 Å². The first kappa shape index (κ1) is 25.0. The van der Waals surface area contributed by atoms with Crippen LogP contribution >= 0.6 is 0 Å². The zero-order valence-corrected chi connectivity index (χ0v) is 18.8. The maximum Gasteiger partial charge on any atom is 0.311 e. The minimum Gasteiger partial charge on any atom is -0.493 e. The van der Waals surface area contributed by atoms with Crippen LogP contribution in [-0.2, 0) is 9.59 Å². The van der Waals surface area contributed by atoms with Crippen molar-refractivity contribution in [1.82, 2.24) is 0 Å². The monoisotopic (exact) mass is 406 g/mol. The fourth-order valence-corrected chi connectivity index (χ4v) is 2.62. The Morgan fingerprint density at radius 2 is 1.41 bits per heavy atom. The second kappa shape index (κ2) is 14.0. The van der Waals surface area contributed by atoms with Gasteiger partial charge in [-0.25, -0.2) is 0 Å². The van der Waals surface area contributed by atoms with E-state index in [1.165, 1.54) is 12.8 Å². The molecule has 0 amide bonds. The Balaban J connectivity index is 2.80. The lowest BCUT2D eigenvalue weighted by atomic mass is 10.1. The molecule has 0 heterocycles. The van der Waals surface area contributed by atoms with Gasteiger partial charge < -0.3 is 14.2 Å². The van der Waals surface area contributed by atoms with Crippen LogP contribution in [-0.4, -0.2) is 18.5 Å². The van der Waals surface area contributed by atoms with Gasteiger partial charge in [0, 0.05) is 18.9 Å². The van der Waals surface area contributed by atoms with Crippen molar-refractivity contribution < 1.29 is 23.8 Å². The zero-order chi connectivity index (χ0) is 21.6. The number of ether oxygens (including phenoxy) is 3. The van der Waals surface area contributed by atoms with Crippen molar-refractivity contribution in [2.75, 3.05) is 6.61 Å². The van der Waals surface area contributed by atoms with Gasteiger partial charge in [0.1, 0.15) is 5.75 Å². The third kappa shape index (κ3) is 11.5. The molecule has 1 aromatic rings. The molecule has 0 aliphatic heterocycles. The molecular formula is C24H38O5. The zero-order valence-electron chi connectivity index (χ0n) is 18.8. The van der Waals surface area contributed by atoms with Crippen LogP contribution in [0.1, 0.15) is 86.0 Å². The number of carbonyl (C=O) groups excluding carboxylic acids is 2. The summed E-state index contributed by atoms with van der Waals surface area (Å²) in [4.78, 5) is 24.3. The molecule has 0 atom stereocenters. The molecule has 0 radical (unpaired) electrons. The van der Waals surface area contributed by atoms with E-state index < -0.39 is 0 Å². The molecule has 1 aromatic carbocycles. The van der Waals surface area contributed by atoms with Crippen LogP contribution in [0.5, 0.6) is 17.2 Å². The van der Waals surface area contributed by atoms with E-state index in [0.717, 1.165) is 25.7 Å². The first-order chi connectivity index (χ1) is 13.8. The van der Waals surface area contributed by atoms with E-state index in [0.29, 0.717) is 37.0 Å². The Morgan fingerprint density at radius 3 is 1.97 bits per heavy atom. The molecule has 0 spiro atoms. The summed E-state index contributed by atoms with van der Waals surface area (Å²) in [5, 5.41) is 0. The average Bonchev–Trinajstić information content (AvgIpc) is 2.66. The lowest BCUT2D eigenvalue weighted by molar-refractivity contribution is -0.137.